The lowest BCUT2D eigenvalue weighted by Crippen LogP contribution is -2.20. The minimum atomic E-state index is -0.452. The second-order valence-electron chi connectivity index (χ2n) is 4.83. The van der Waals surface area contributed by atoms with Crippen molar-refractivity contribution in [2.75, 3.05) is 25.6 Å². The Morgan fingerprint density at radius 2 is 1.70 bits per heavy atom. The number of hydrogen-bond donors (Lipinski definition) is 1. The summed E-state index contributed by atoms with van der Waals surface area (Å²) in [5.41, 5.74) is 2.08. The molecular formula is C17H21NO2. The molecule has 0 radical (unpaired) electrons. The summed E-state index contributed by atoms with van der Waals surface area (Å²) in [6.07, 6.45) is 0.240. The molecule has 1 unspecified atom stereocenters. The topological polar surface area (TPSA) is 32.7 Å². The minimum Gasteiger partial charge on any atom is -0.497 e. The van der Waals surface area contributed by atoms with Gasteiger partial charge >= 0.3 is 0 Å². The molecule has 0 amide bonds. The van der Waals surface area contributed by atoms with E-state index >= 15 is 0 Å². The molecular weight excluding hydrogens is 250 g/mol. The van der Waals surface area contributed by atoms with Gasteiger partial charge in [-0.25, -0.2) is 0 Å². The monoisotopic (exact) mass is 271 g/mol. The third-order valence-electron chi connectivity index (χ3n) is 3.44. The Hall–Kier alpha value is -2.00. The maximum Gasteiger partial charge on any atom is 0.118 e. The summed E-state index contributed by atoms with van der Waals surface area (Å²) in [4.78, 5) is 2.15. The number of anilines is 1. The standard InChI is InChI=1S/C17H21NO2/c1-18(15-6-4-3-5-7-15)13-12-17(19)14-8-10-16(20-2)11-9-14/h3-11,17,19H,12-13H2,1-2H3. The third-order valence-corrected chi connectivity index (χ3v) is 3.44. The molecule has 0 aliphatic rings. The van der Waals surface area contributed by atoms with Gasteiger partial charge in [0.25, 0.3) is 0 Å². The Kier molecular flexibility index (Phi) is 5.02. The molecule has 106 valence electrons. The normalized spacial score (nSPS) is 11.9. The average Bonchev–Trinajstić information content (AvgIpc) is 2.53. The van der Waals surface area contributed by atoms with Gasteiger partial charge in [0, 0.05) is 19.3 Å². The largest absolute Gasteiger partial charge is 0.497 e. The highest BCUT2D eigenvalue weighted by molar-refractivity contribution is 5.44. The second kappa shape index (κ2) is 6.96. The van der Waals surface area contributed by atoms with Crippen molar-refractivity contribution in [2.45, 2.75) is 12.5 Å². The van der Waals surface area contributed by atoms with Crippen LogP contribution in [0.25, 0.3) is 0 Å². The fourth-order valence-electron chi connectivity index (χ4n) is 2.12. The molecule has 1 atom stereocenters. The van der Waals surface area contributed by atoms with Crippen LogP contribution in [0.1, 0.15) is 18.1 Å². The van der Waals surface area contributed by atoms with Crippen LogP contribution in [-0.2, 0) is 0 Å². The molecule has 0 aliphatic carbocycles. The van der Waals surface area contributed by atoms with Crippen molar-refractivity contribution in [1.82, 2.24) is 0 Å². The van der Waals surface area contributed by atoms with Gasteiger partial charge in [0.2, 0.25) is 0 Å². The van der Waals surface area contributed by atoms with E-state index in [9.17, 15) is 5.11 Å². The van der Waals surface area contributed by atoms with Gasteiger partial charge in [0.15, 0.2) is 0 Å². The van der Waals surface area contributed by atoms with E-state index in [1.54, 1.807) is 7.11 Å². The molecule has 2 aromatic rings. The minimum absolute atomic E-state index is 0.452. The van der Waals surface area contributed by atoms with Gasteiger partial charge in [0.1, 0.15) is 5.75 Å². The first-order chi connectivity index (χ1) is 9.70. The summed E-state index contributed by atoms with van der Waals surface area (Å²) >= 11 is 0. The average molecular weight is 271 g/mol. The lowest BCUT2D eigenvalue weighted by Gasteiger charge is -2.21. The van der Waals surface area contributed by atoms with Gasteiger partial charge in [-0.15, -0.1) is 0 Å². The van der Waals surface area contributed by atoms with E-state index in [0.29, 0.717) is 6.42 Å². The van der Waals surface area contributed by atoms with Crippen molar-refractivity contribution in [3.05, 3.63) is 60.2 Å². The zero-order chi connectivity index (χ0) is 14.4. The lowest BCUT2D eigenvalue weighted by atomic mass is 10.1. The maximum atomic E-state index is 10.2. The van der Waals surface area contributed by atoms with Crippen LogP contribution in [0.3, 0.4) is 0 Å². The number of aliphatic hydroxyl groups excluding tert-OH is 1. The van der Waals surface area contributed by atoms with Crippen LogP contribution in [0.15, 0.2) is 54.6 Å². The quantitative estimate of drug-likeness (QED) is 0.875. The van der Waals surface area contributed by atoms with Crippen LogP contribution >= 0.6 is 0 Å². The van der Waals surface area contributed by atoms with Gasteiger partial charge < -0.3 is 14.7 Å². The second-order valence-corrected chi connectivity index (χ2v) is 4.83. The number of ether oxygens (including phenoxy) is 1. The van der Waals surface area contributed by atoms with Crippen LogP contribution < -0.4 is 9.64 Å². The highest BCUT2D eigenvalue weighted by Crippen LogP contribution is 2.21. The highest BCUT2D eigenvalue weighted by Gasteiger charge is 2.09. The predicted octanol–water partition coefficient (Wildman–Crippen LogP) is 3.26. The number of methoxy groups -OCH3 is 1. The molecule has 2 rings (SSSR count). The van der Waals surface area contributed by atoms with Gasteiger partial charge in [-0.1, -0.05) is 30.3 Å². The molecule has 0 saturated heterocycles. The highest BCUT2D eigenvalue weighted by atomic mass is 16.5. The van der Waals surface area contributed by atoms with Gasteiger partial charge in [-0.3, -0.25) is 0 Å². The van der Waals surface area contributed by atoms with Crippen molar-refractivity contribution >= 4 is 5.69 Å². The first kappa shape index (κ1) is 14.4. The molecule has 0 bridgehead atoms. The smallest absolute Gasteiger partial charge is 0.118 e. The van der Waals surface area contributed by atoms with Crippen molar-refractivity contribution in [2.24, 2.45) is 0 Å². The molecule has 2 aromatic carbocycles. The van der Waals surface area contributed by atoms with Crippen LogP contribution in [0.4, 0.5) is 5.69 Å². The summed E-state index contributed by atoms with van der Waals surface area (Å²) in [7, 11) is 3.68. The molecule has 0 heterocycles. The number of aliphatic hydroxyl groups is 1. The van der Waals surface area contributed by atoms with Crippen LogP contribution in [-0.4, -0.2) is 25.8 Å². The van der Waals surface area contributed by atoms with E-state index in [-0.39, 0.29) is 0 Å². The first-order valence-corrected chi connectivity index (χ1v) is 6.79. The zero-order valence-electron chi connectivity index (χ0n) is 12.0. The Labute approximate surface area is 120 Å². The van der Waals surface area contributed by atoms with Crippen molar-refractivity contribution in [1.29, 1.82) is 0 Å². The molecule has 0 saturated carbocycles. The summed E-state index contributed by atoms with van der Waals surface area (Å²) in [5, 5.41) is 10.2. The molecule has 3 nitrogen and oxygen atoms in total. The van der Waals surface area contributed by atoms with Crippen molar-refractivity contribution in [3.8, 4) is 5.75 Å². The molecule has 3 heteroatoms. The molecule has 0 aliphatic heterocycles. The fourth-order valence-corrected chi connectivity index (χ4v) is 2.12. The van der Waals surface area contributed by atoms with E-state index in [0.717, 1.165) is 23.5 Å². The van der Waals surface area contributed by atoms with Gasteiger partial charge in [-0.2, -0.15) is 0 Å². The van der Waals surface area contributed by atoms with E-state index in [1.807, 2.05) is 49.5 Å². The fraction of sp³-hybridized carbons (Fsp3) is 0.294. The zero-order valence-corrected chi connectivity index (χ0v) is 12.0. The van der Waals surface area contributed by atoms with E-state index in [2.05, 4.69) is 17.0 Å². The number of hydrogen-bond acceptors (Lipinski definition) is 3. The molecule has 0 spiro atoms. The van der Waals surface area contributed by atoms with Crippen LogP contribution in [0, 0.1) is 0 Å². The Bertz CT molecular complexity index is 510. The number of para-hydroxylation sites is 1. The molecule has 0 fully saturated rings. The van der Waals surface area contributed by atoms with Crippen molar-refractivity contribution in [3.63, 3.8) is 0 Å². The number of rotatable bonds is 6. The van der Waals surface area contributed by atoms with Gasteiger partial charge in [-0.05, 0) is 36.2 Å². The lowest BCUT2D eigenvalue weighted by molar-refractivity contribution is 0.169. The number of nitrogens with zero attached hydrogens (tertiary/aromatic N) is 1. The molecule has 0 aromatic heterocycles. The van der Waals surface area contributed by atoms with E-state index in [1.165, 1.54) is 0 Å². The Morgan fingerprint density at radius 1 is 1.05 bits per heavy atom. The molecule has 20 heavy (non-hydrogen) atoms. The Balaban J connectivity index is 1.89. The SMILES string of the molecule is COc1ccc(C(O)CCN(C)c2ccccc2)cc1. The summed E-state index contributed by atoms with van der Waals surface area (Å²) < 4.78 is 5.12. The number of benzene rings is 2. The summed E-state index contributed by atoms with van der Waals surface area (Å²) in [5.74, 6) is 0.808. The first-order valence-electron chi connectivity index (χ1n) is 6.79. The van der Waals surface area contributed by atoms with Crippen LogP contribution in [0.5, 0.6) is 5.75 Å². The van der Waals surface area contributed by atoms with E-state index < -0.39 is 6.10 Å². The van der Waals surface area contributed by atoms with Crippen LogP contribution in [0.2, 0.25) is 0 Å². The molecule has 1 N–H and O–H groups in total. The van der Waals surface area contributed by atoms with E-state index in [4.69, 9.17) is 4.74 Å². The van der Waals surface area contributed by atoms with Gasteiger partial charge in [0.05, 0.1) is 13.2 Å². The Morgan fingerprint density at radius 3 is 2.30 bits per heavy atom. The third kappa shape index (κ3) is 3.75. The summed E-state index contributed by atoms with van der Waals surface area (Å²) in [6, 6.07) is 17.7. The van der Waals surface area contributed by atoms with Crippen molar-refractivity contribution < 1.29 is 9.84 Å². The summed E-state index contributed by atoms with van der Waals surface area (Å²) in [6.45, 7) is 0.803. The predicted molar refractivity (Wildman–Crippen MR) is 82.3 cm³/mol. The maximum absolute atomic E-state index is 10.2.